The molecule has 0 radical (unpaired) electrons. The van der Waals surface area contributed by atoms with Crippen molar-refractivity contribution in [3.63, 3.8) is 0 Å². The van der Waals surface area contributed by atoms with E-state index in [1.54, 1.807) is 18.2 Å². The predicted octanol–water partition coefficient (Wildman–Crippen LogP) is 2.75. The average molecular weight is 272 g/mol. The summed E-state index contributed by atoms with van der Waals surface area (Å²) in [5, 5.41) is 0. The zero-order chi connectivity index (χ0) is 13.9. The number of rotatable bonds is 4. The van der Waals surface area contributed by atoms with Gasteiger partial charge in [-0.1, -0.05) is 18.2 Å². The average Bonchev–Trinajstić information content (AvgIpc) is 2.92. The van der Waals surface area contributed by atoms with E-state index >= 15 is 0 Å². The second-order valence-electron chi connectivity index (χ2n) is 5.00. The third kappa shape index (κ3) is 2.51. The summed E-state index contributed by atoms with van der Waals surface area (Å²) >= 11 is 0. The van der Waals surface area contributed by atoms with Crippen molar-refractivity contribution in [3.05, 3.63) is 58.5 Å². The Labute approximate surface area is 117 Å². The van der Waals surface area contributed by atoms with Gasteiger partial charge in [-0.3, -0.25) is 0 Å². The van der Waals surface area contributed by atoms with E-state index in [1.807, 2.05) is 0 Å². The van der Waals surface area contributed by atoms with Gasteiger partial charge in [-0.05, 0) is 37.0 Å². The van der Waals surface area contributed by atoms with E-state index < -0.39 is 0 Å². The Hall–Kier alpha value is -1.94. The molecular formula is C16H17FN2O. The lowest BCUT2D eigenvalue weighted by atomic mass is 10.1. The molecule has 0 aliphatic heterocycles. The highest BCUT2D eigenvalue weighted by Crippen LogP contribution is 2.27. The Kier molecular flexibility index (Phi) is 3.65. The van der Waals surface area contributed by atoms with Gasteiger partial charge < -0.3 is 10.5 Å². The number of nitrogens with zero attached hydrogens (tertiary/aromatic N) is 1. The lowest BCUT2D eigenvalue weighted by Gasteiger charge is -2.12. The molecule has 0 saturated carbocycles. The third-order valence-corrected chi connectivity index (χ3v) is 3.63. The van der Waals surface area contributed by atoms with Crippen LogP contribution in [0.15, 0.2) is 30.3 Å². The van der Waals surface area contributed by atoms with Crippen LogP contribution in [0.1, 0.15) is 28.8 Å². The minimum absolute atomic E-state index is 0.172. The Morgan fingerprint density at radius 1 is 1.20 bits per heavy atom. The summed E-state index contributed by atoms with van der Waals surface area (Å²) in [6.45, 7) is 0.554. The molecule has 0 bridgehead atoms. The highest BCUT2D eigenvalue weighted by molar-refractivity contribution is 5.37. The molecular weight excluding hydrogens is 255 g/mol. The van der Waals surface area contributed by atoms with Crippen molar-refractivity contribution < 1.29 is 9.13 Å². The Morgan fingerprint density at radius 3 is 2.85 bits per heavy atom. The van der Waals surface area contributed by atoms with Crippen LogP contribution in [-0.2, 0) is 26.0 Å². The maximum absolute atomic E-state index is 13.6. The second kappa shape index (κ2) is 5.59. The third-order valence-electron chi connectivity index (χ3n) is 3.63. The van der Waals surface area contributed by atoms with Gasteiger partial charge in [0.15, 0.2) is 0 Å². The fourth-order valence-electron chi connectivity index (χ4n) is 2.53. The number of fused-ring (bicyclic) bond motifs is 1. The van der Waals surface area contributed by atoms with Gasteiger partial charge in [0.1, 0.15) is 12.4 Å². The summed E-state index contributed by atoms with van der Waals surface area (Å²) in [7, 11) is 0. The molecule has 3 rings (SSSR count). The molecule has 1 heterocycles. The Morgan fingerprint density at radius 2 is 2.05 bits per heavy atom. The van der Waals surface area contributed by atoms with Crippen LogP contribution in [0.4, 0.5) is 4.39 Å². The molecule has 1 aliphatic carbocycles. The number of aryl methyl sites for hydroxylation is 2. The van der Waals surface area contributed by atoms with Crippen molar-refractivity contribution >= 4 is 0 Å². The van der Waals surface area contributed by atoms with E-state index in [9.17, 15) is 4.39 Å². The van der Waals surface area contributed by atoms with Crippen molar-refractivity contribution in [2.45, 2.75) is 32.4 Å². The standard InChI is InChI=1S/C16H17FN2O/c17-14-6-2-1-4-12(14)10-20-16-13(9-18)8-11-5-3-7-15(11)19-16/h1-2,4,6,8H,3,5,7,9-10,18H2. The number of pyridine rings is 1. The van der Waals surface area contributed by atoms with Gasteiger partial charge in [0.25, 0.3) is 0 Å². The maximum atomic E-state index is 13.6. The molecule has 4 heteroatoms. The summed E-state index contributed by atoms with van der Waals surface area (Å²) in [6.07, 6.45) is 3.17. The number of hydrogen-bond acceptors (Lipinski definition) is 3. The van der Waals surface area contributed by atoms with Crippen molar-refractivity contribution in [2.75, 3.05) is 0 Å². The monoisotopic (exact) mass is 272 g/mol. The van der Waals surface area contributed by atoms with Crippen LogP contribution in [0.2, 0.25) is 0 Å². The molecule has 1 aromatic carbocycles. The van der Waals surface area contributed by atoms with Crippen LogP contribution >= 0.6 is 0 Å². The lowest BCUT2D eigenvalue weighted by Crippen LogP contribution is -2.07. The van der Waals surface area contributed by atoms with E-state index in [1.165, 1.54) is 11.6 Å². The highest BCUT2D eigenvalue weighted by Gasteiger charge is 2.17. The highest BCUT2D eigenvalue weighted by atomic mass is 19.1. The van der Waals surface area contributed by atoms with Crippen molar-refractivity contribution in [1.82, 2.24) is 4.98 Å². The van der Waals surface area contributed by atoms with Crippen molar-refractivity contribution in [1.29, 1.82) is 0 Å². The number of halogens is 1. The molecule has 1 aromatic heterocycles. The van der Waals surface area contributed by atoms with Crippen LogP contribution in [0, 0.1) is 5.82 Å². The first-order valence-corrected chi connectivity index (χ1v) is 6.86. The molecule has 0 fully saturated rings. The van der Waals surface area contributed by atoms with Crippen molar-refractivity contribution in [2.24, 2.45) is 5.73 Å². The zero-order valence-electron chi connectivity index (χ0n) is 11.2. The molecule has 3 nitrogen and oxygen atoms in total. The summed E-state index contributed by atoms with van der Waals surface area (Å²) in [6, 6.07) is 8.68. The molecule has 0 unspecified atom stereocenters. The smallest absolute Gasteiger partial charge is 0.218 e. The summed E-state index contributed by atoms with van der Waals surface area (Å²) < 4.78 is 19.3. The molecule has 1 aliphatic rings. The van der Waals surface area contributed by atoms with E-state index in [-0.39, 0.29) is 12.4 Å². The summed E-state index contributed by atoms with van der Waals surface area (Å²) in [4.78, 5) is 4.54. The van der Waals surface area contributed by atoms with Crippen LogP contribution in [0.5, 0.6) is 5.88 Å². The quantitative estimate of drug-likeness (QED) is 0.931. The van der Waals surface area contributed by atoms with Gasteiger partial charge in [0.05, 0.1) is 0 Å². The first-order valence-electron chi connectivity index (χ1n) is 6.86. The molecule has 0 spiro atoms. The predicted molar refractivity (Wildman–Crippen MR) is 74.9 cm³/mol. The molecule has 0 atom stereocenters. The lowest BCUT2D eigenvalue weighted by molar-refractivity contribution is 0.284. The number of benzene rings is 1. The maximum Gasteiger partial charge on any atom is 0.218 e. The molecule has 2 N–H and O–H groups in total. The topological polar surface area (TPSA) is 48.1 Å². The molecule has 104 valence electrons. The largest absolute Gasteiger partial charge is 0.472 e. The fraction of sp³-hybridized carbons (Fsp3) is 0.312. The summed E-state index contributed by atoms with van der Waals surface area (Å²) in [5.41, 5.74) is 9.52. The molecule has 0 saturated heterocycles. The Bertz CT molecular complexity index is 628. The molecule has 2 aromatic rings. The minimum atomic E-state index is -0.261. The number of hydrogen-bond donors (Lipinski definition) is 1. The van der Waals surface area contributed by atoms with E-state index in [0.717, 1.165) is 30.5 Å². The zero-order valence-corrected chi connectivity index (χ0v) is 11.2. The summed E-state index contributed by atoms with van der Waals surface area (Å²) in [5.74, 6) is 0.277. The SMILES string of the molecule is NCc1cc2c(nc1OCc1ccccc1F)CCC2. The number of nitrogens with two attached hydrogens (primary N) is 1. The fourth-order valence-corrected chi connectivity index (χ4v) is 2.53. The minimum Gasteiger partial charge on any atom is -0.472 e. The normalized spacial score (nSPS) is 13.3. The van der Waals surface area contributed by atoms with Gasteiger partial charge in [0, 0.05) is 23.4 Å². The van der Waals surface area contributed by atoms with Crippen molar-refractivity contribution in [3.8, 4) is 5.88 Å². The first-order chi connectivity index (χ1) is 9.78. The second-order valence-corrected chi connectivity index (χ2v) is 5.00. The van der Waals surface area contributed by atoms with E-state index in [2.05, 4.69) is 11.1 Å². The van der Waals surface area contributed by atoms with Gasteiger partial charge in [-0.15, -0.1) is 0 Å². The van der Waals surface area contributed by atoms with E-state index in [4.69, 9.17) is 10.5 Å². The Balaban J connectivity index is 1.82. The van der Waals surface area contributed by atoms with Gasteiger partial charge >= 0.3 is 0 Å². The molecule has 0 amide bonds. The van der Waals surface area contributed by atoms with Gasteiger partial charge in [0.2, 0.25) is 5.88 Å². The van der Waals surface area contributed by atoms with Gasteiger partial charge in [-0.25, -0.2) is 9.37 Å². The van der Waals surface area contributed by atoms with Crippen LogP contribution in [0.3, 0.4) is 0 Å². The number of ether oxygens (including phenoxy) is 1. The van der Waals surface area contributed by atoms with E-state index in [0.29, 0.717) is 18.0 Å². The molecule has 20 heavy (non-hydrogen) atoms. The number of aromatic nitrogens is 1. The van der Waals surface area contributed by atoms with Crippen LogP contribution in [-0.4, -0.2) is 4.98 Å². The van der Waals surface area contributed by atoms with Crippen LogP contribution in [0.25, 0.3) is 0 Å². The van der Waals surface area contributed by atoms with Gasteiger partial charge in [-0.2, -0.15) is 0 Å². The first kappa shape index (κ1) is 13.1. The van der Waals surface area contributed by atoms with Crippen LogP contribution < -0.4 is 10.5 Å².